The van der Waals surface area contributed by atoms with Crippen LogP contribution in [0.1, 0.15) is 0 Å². The van der Waals surface area contributed by atoms with Gasteiger partial charge in [-0.2, -0.15) is 12.6 Å². The van der Waals surface area contributed by atoms with E-state index in [1.807, 2.05) is 6.26 Å². The minimum atomic E-state index is 0. The second-order valence-electron chi connectivity index (χ2n) is 0.167. The summed E-state index contributed by atoms with van der Waals surface area (Å²) in [6, 6.07) is 0. The summed E-state index contributed by atoms with van der Waals surface area (Å²) in [6.45, 7) is 0. The van der Waals surface area contributed by atoms with Gasteiger partial charge in [0.05, 0.1) is 0 Å². The van der Waals surface area contributed by atoms with E-state index in [2.05, 4.69) is 24.3 Å². The molecule has 6 heteroatoms. The van der Waals surface area contributed by atoms with Crippen LogP contribution in [0.3, 0.4) is 0 Å². The molecule has 0 aliphatic heterocycles. The van der Waals surface area contributed by atoms with E-state index < -0.39 is 0 Å². The molecule has 0 spiro atoms. The van der Waals surface area contributed by atoms with Gasteiger partial charge >= 0.3 is 0 Å². The van der Waals surface area contributed by atoms with Crippen LogP contribution >= 0.6 is 23.4 Å². The van der Waals surface area contributed by atoms with Gasteiger partial charge in [-0.25, -0.2) is 0 Å². The average Bonchev–Trinajstić information content (AvgIpc) is 1.46. The summed E-state index contributed by atoms with van der Waals surface area (Å²) < 4.78 is 0. The van der Waals surface area contributed by atoms with Gasteiger partial charge in [-0.15, -0.1) is 0 Å². The molecule has 0 saturated heterocycles. The van der Waals surface area contributed by atoms with Crippen molar-refractivity contribution in [3.8, 4) is 0 Å². The van der Waals surface area contributed by atoms with Gasteiger partial charge in [0.2, 0.25) is 0 Å². The molecular weight excluding hydrogens is 330 g/mol. The third-order valence-electron chi connectivity index (χ3n) is 0. The first-order valence-electron chi connectivity index (χ1n) is 1.02. The smallest absolute Gasteiger partial charge is 0 e. The van der Waals surface area contributed by atoms with Crippen molar-refractivity contribution in [2.75, 3.05) is 12.5 Å². The van der Waals surface area contributed by atoms with Crippen molar-refractivity contribution in [1.82, 2.24) is 0 Å². The quantitative estimate of drug-likeness (QED) is 0.399. The fraction of sp³-hybridized carbons (Fsp3) is 1.00. The summed E-state index contributed by atoms with van der Waals surface area (Å²) in [5.74, 6) is 0. The zero-order valence-electron chi connectivity index (χ0n) is 4.87. The van der Waals surface area contributed by atoms with Gasteiger partial charge in [0, 0.05) is 65.4 Å². The first-order valence-corrected chi connectivity index (χ1v) is 4.07. The van der Waals surface area contributed by atoms with Gasteiger partial charge in [0.1, 0.15) is 0 Å². The van der Waals surface area contributed by atoms with Crippen molar-refractivity contribution < 1.29 is 65.4 Å². The molecule has 0 fully saturated rings. The molecule has 0 nitrogen and oxygen atoms in total. The zero-order valence-corrected chi connectivity index (χ0v) is 14.0. The first kappa shape index (κ1) is 29.9. The molecule has 0 N–H and O–H groups in total. The van der Waals surface area contributed by atoms with E-state index in [9.17, 15) is 0 Å². The maximum Gasteiger partial charge on any atom is 0 e. The van der Waals surface area contributed by atoms with Crippen LogP contribution in [0.5, 0.6) is 0 Å². The Morgan fingerprint density at radius 3 is 1.25 bits per heavy atom. The molecule has 0 amide bonds. The van der Waals surface area contributed by atoms with Crippen molar-refractivity contribution in [2.45, 2.75) is 0 Å². The Kier molecular flexibility index (Phi) is 172. The van der Waals surface area contributed by atoms with Gasteiger partial charge in [0.15, 0.2) is 0 Å². The molecule has 0 unspecified atom stereocenters. The van der Waals surface area contributed by atoms with Gasteiger partial charge in [-0.05, 0) is 12.5 Å². The molecule has 0 aliphatic carbocycles. The Morgan fingerprint density at radius 2 is 1.25 bits per heavy atom. The molecule has 0 bridgehead atoms. The molecule has 2 radical (unpaired) electrons. The molecule has 0 atom stereocenters. The van der Waals surface area contributed by atoms with Crippen molar-refractivity contribution in [2.24, 2.45) is 0 Å². The molecule has 0 saturated carbocycles. The number of hydrogen-bond acceptors (Lipinski definition) is 4. The molecule has 0 aliphatic rings. The van der Waals surface area contributed by atoms with E-state index in [0.29, 0.717) is 0 Å². The standard InChI is InChI=1S/CH4S2.CH4S.H2S.2Y/c1-3-2;1-2;;;/h2H,1H3;2H,1H3;1H2;;/p-2. The van der Waals surface area contributed by atoms with Crippen LogP contribution in [0, 0.1) is 0 Å². The maximum atomic E-state index is 4.31. The van der Waals surface area contributed by atoms with E-state index >= 15 is 0 Å². The summed E-state index contributed by atoms with van der Waals surface area (Å²) >= 11 is 7.84. The Labute approximate surface area is 124 Å². The molecule has 0 aromatic heterocycles. The third kappa shape index (κ3) is 54.7. The van der Waals surface area contributed by atoms with Crippen molar-refractivity contribution >= 4 is 48.6 Å². The monoisotopic (exact) mass is 338 g/mol. The maximum absolute atomic E-state index is 4.31. The summed E-state index contributed by atoms with van der Waals surface area (Å²) in [6.07, 6.45) is 3.55. The second-order valence-corrected chi connectivity index (χ2v) is 1.50. The first-order chi connectivity index (χ1) is 2.41. The molecule has 0 aromatic rings. The van der Waals surface area contributed by atoms with Gasteiger partial charge in [-0.3, -0.25) is 0 Å². The van der Waals surface area contributed by atoms with E-state index in [-0.39, 0.29) is 78.9 Å². The summed E-state index contributed by atoms with van der Waals surface area (Å²) in [5, 5.41) is 0. The molecule has 8 heavy (non-hydrogen) atoms. The Hall–Kier alpha value is 3.61. The van der Waals surface area contributed by atoms with Crippen LogP contribution < -0.4 is 0 Å². The second kappa shape index (κ2) is 46.1. The number of hydrogen-bond donors (Lipinski definition) is 1. The van der Waals surface area contributed by atoms with Gasteiger partial charge in [0.25, 0.3) is 0 Å². The van der Waals surface area contributed by atoms with E-state index in [1.54, 1.807) is 6.26 Å². The van der Waals surface area contributed by atoms with Crippen LogP contribution in [0.25, 0.3) is 0 Å². The van der Waals surface area contributed by atoms with Gasteiger partial charge < -0.3 is 36.0 Å². The van der Waals surface area contributed by atoms with Crippen LogP contribution in [0.15, 0.2) is 0 Å². The molecular formula is C2H8S4Y2-2. The topological polar surface area (TPSA) is 0 Å². The fourth-order valence-electron chi connectivity index (χ4n) is 0. The fourth-order valence-corrected chi connectivity index (χ4v) is 0. The molecule has 0 heterocycles. The van der Waals surface area contributed by atoms with E-state index in [0.717, 1.165) is 0 Å². The van der Waals surface area contributed by atoms with Gasteiger partial charge in [-0.1, -0.05) is 0 Å². The van der Waals surface area contributed by atoms with Crippen LogP contribution in [0.4, 0.5) is 0 Å². The summed E-state index contributed by atoms with van der Waals surface area (Å²) in [5.41, 5.74) is 0. The van der Waals surface area contributed by atoms with Crippen molar-refractivity contribution in [3.05, 3.63) is 0 Å². The molecule has 0 rings (SSSR count). The van der Waals surface area contributed by atoms with Crippen molar-refractivity contribution in [1.29, 1.82) is 0 Å². The predicted molar refractivity (Wildman–Crippen MR) is 44.6 cm³/mol. The zero-order chi connectivity index (χ0) is 4.71. The Balaban J connectivity index is -0.00000000567. The van der Waals surface area contributed by atoms with Crippen molar-refractivity contribution in [3.63, 3.8) is 0 Å². The summed E-state index contributed by atoms with van der Waals surface area (Å²) in [4.78, 5) is 0. The number of thiol groups is 2. The summed E-state index contributed by atoms with van der Waals surface area (Å²) in [7, 11) is 1.33. The van der Waals surface area contributed by atoms with Crippen LogP contribution in [-0.4, -0.2) is 12.5 Å². The normalized spacial score (nSPS) is 3.00. The molecule has 48 valence electrons. The third-order valence-corrected chi connectivity index (χ3v) is 0. The van der Waals surface area contributed by atoms with E-state index in [1.165, 1.54) is 10.8 Å². The van der Waals surface area contributed by atoms with Crippen LogP contribution in [-0.2, 0) is 90.6 Å². The largest absolute Gasteiger partial charge is 0.813 e. The Bertz CT molecular complexity index is 12.0. The van der Waals surface area contributed by atoms with E-state index in [4.69, 9.17) is 0 Å². The van der Waals surface area contributed by atoms with Crippen LogP contribution in [0.2, 0.25) is 0 Å². The Morgan fingerprint density at radius 1 is 1.25 bits per heavy atom. The SMILES string of the molecule is CS.CS[S-].[SH-].[Y].[Y]. The molecule has 0 aromatic carbocycles. The minimum absolute atomic E-state index is 0. The predicted octanol–water partition coefficient (Wildman–Crippen LogP) is 1.08. The number of rotatable bonds is 0. The average molecular weight is 338 g/mol. The minimum Gasteiger partial charge on any atom is -0.813 e.